The summed E-state index contributed by atoms with van der Waals surface area (Å²) in [4.78, 5) is 29.9. The summed E-state index contributed by atoms with van der Waals surface area (Å²) in [6.45, 7) is 1.85. The third-order valence-electron chi connectivity index (χ3n) is 4.15. The number of nitrogens with one attached hydrogen (secondary N) is 1. The second-order valence-corrected chi connectivity index (χ2v) is 6.21. The van der Waals surface area contributed by atoms with Gasteiger partial charge in [0.2, 0.25) is 0 Å². The highest BCUT2D eigenvalue weighted by atomic mass is 16.1. The number of hydrogen-bond acceptors (Lipinski definition) is 6. The van der Waals surface area contributed by atoms with E-state index in [1.807, 2.05) is 31.2 Å². The molecule has 8 heteroatoms. The van der Waals surface area contributed by atoms with Gasteiger partial charge in [-0.05, 0) is 30.7 Å². The summed E-state index contributed by atoms with van der Waals surface area (Å²) in [6, 6.07) is 7.48. The molecule has 0 aliphatic carbocycles. The number of hydrogen-bond donors (Lipinski definition) is 1. The highest BCUT2D eigenvalue weighted by molar-refractivity contribution is 6.05. The zero-order chi connectivity index (χ0) is 19.5. The van der Waals surface area contributed by atoms with Crippen molar-refractivity contribution >= 4 is 11.6 Å². The maximum Gasteiger partial charge on any atom is 0.274 e. The maximum atomic E-state index is 12.9. The first-order chi connectivity index (χ1) is 13.6. The Labute approximate surface area is 161 Å². The van der Waals surface area contributed by atoms with Gasteiger partial charge in [-0.2, -0.15) is 5.10 Å². The molecule has 0 spiro atoms. The number of nitrogens with zero attached hydrogens (tertiary/aromatic N) is 6. The standard InChI is InChI=1S/C20H17N7O/c1-13-5-6-15(14-4-3-7-21-10-14)24-18(13)20(28)25-17-12-27(2)26-19(17)16-11-22-8-9-23-16/h3-12H,1-2H3,(H,25,28). The van der Waals surface area contributed by atoms with Gasteiger partial charge in [0.1, 0.15) is 17.1 Å². The minimum atomic E-state index is -0.318. The van der Waals surface area contributed by atoms with Crippen LogP contribution < -0.4 is 5.32 Å². The molecule has 8 nitrogen and oxygen atoms in total. The molecule has 1 amide bonds. The first kappa shape index (κ1) is 17.5. The van der Waals surface area contributed by atoms with Crippen molar-refractivity contribution in [1.29, 1.82) is 0 Å². The van der Waals surface area contributed by atoms with Crippen LogP contribution in [-0.4, -0.2) is 35.6 Å². The molecule has 1 N–H and O–H groups in total. The predicted octanol–water partition coefficient (Wildman–Crippen LogP) is 2.89. The SMILES string of the molecule is Cc1ccc(-c2cccnc2)nc1C(=O)Nc1cn(C)nc1-c1cnccn1. The smallest absolute Gasteiger partial charge is 0.274 e. The number of amides is 1. The number of carbonyl (C=O) groups excluding carboxylic acids is 1. The van der Waals surface area contributed by atoms with Crippen molar-refractivity contribution in [2.24, 2.45) is 7.05 Å². The van der Waals surface area contributed by atoms with E-state index in [0.717, 1.165) is 11.1 Å². The fourth-order valence-electron chi connectivity index (χ4n) is 2.81. The third kappa shape index (κ3) is 3.48. The lowest BCUT2D eigenvalue weighted by Crippen LogP contribution is -2.16. The molecular formula is C20H17N7O. The summed E-state index contributed by atoms with van der Waals surface area (Å²) in [5, 5.41) is 7.28. The number of aryl methyl sites for hydroxylation is 2. The van der Waals surface area contributed by atoms with Gasteiger partial charge >= 0.3 is 0 Å². The summed E-state index contributed by atoms with van der Waals surface area (Å²) in [5.41, 5.74) is 4.31. The summed E-state index contributed by atoms with van der Waals surface area (Å²) in [7, 11) is 1.78. The number of pyridine rings is 2. The van der Waals surface area contributed by atoms with Gasteiger partial charge in [-0.1, -0.05) is 6.07 Å². The average Bonchev–Trinajstić information content (AvgIpc) is 3.09. The molecule has 0 unspecified atom stereocenters. The Morgan fingerprint density at radius 1 is 1.04 bits per heavy atom. The quantitative estimate of drug-likeness (QED) is 0.592. The molecular weight excluding hydrogens is 354 g/mol. The monoisotopic (exact) mass is 371 g/mol. The molecule has 0 fully saturated rings. The average molecular weight is 371 g/mol. The lowest BCUT2D eigenvalue weighted by Gasteiger charge is -2.09. The minimum absolute atomic E-state index is 0.318. The van der Waals surface area contributed by atoms with Crippen molar-refractivity contribution in [3.05, 3.63) is 72.7 Å². The van der Waals surface area contributed by atoms with Crippen LogP contribution in [0.2, 0.25) is 0 Å². The molecule has 0 saturated heterocycles. The molecule has 4 aromatic heterocycles. The highest BCUT2D eigenvalue weighted by Gasteiger charge is 2.18. The molecule has 0 aliphatic heterocycles. The van der Waals surface area contributed by atoms with Gasteiger partial charge in [0.15, 0.2) is 0 Å². The van der Waals surface area contributed by atoms with Gasteiger partial charge in [0, 0.05) is 43.6 Å². The molecule has 0 bridgehead atoms. The van der Waals surface area contributed by atoms with Crippen LogP contribution in [0.1, 0.15) is 16.1 Å². The molecule has 28 heavy (non-hydrogen) atoms. The number of anilines is 1. The number of rotatable bonds is 4. The van der Waals surface area contributed by atoms with E-state index in [9.17, 15) is 4.79 Å². The summed E-state index contributed by atoms with van der Waals surface area (Å²) >= 11 is 0. The van der Waals surface area contributed by atoms with Crippen molar-refractivity contribution in [2.45, 2.75) is 6.92 Å². The molecule has 4 heterocycles. The largest absolute Gasteiger partial charge is 0.317 e. The normalized spacial score (nSPS) is 10.6. The molecule has 0 radical (unpaired) electrons. The van der Waals surface area contributed by atoms with Crippen LogP contribution in [0.15, 0.2) is 61.4 Å². The van der Waals surface area contributed by atoms with Crippen LogP contribution in [0.5, 0.6) is 0 Å². The zero-order valence-electron chi connectivity index (χ0n) is 15.4. The molecule has 0 atom stereocenters. The van der Waals surface area contributed by atoms with E-state index in [4.69, 9.17) is 0 Å². The van der Waals surface area contributed by atoms with E-state index in [0.29, 0.717) is 28.5 Å². The van der Waals surface area contributed by atoms with Crippen molar-refractivity contribution in [3.8, 4) is 22.6 Å². The second kappa shape index (κ2) is 7.36. The maximum absolute atomic E-state index is 12.9. The predicted molar refractivity (Wildman–Crippen MR) is 104 cm³/mol. The topological polar surface area (TPSA) is 98.5 Å². The van der Waals surface area contributed by atoms with Crippen LogP contribution >= 0.6 is 0 Å². The van der Waals surface area contributed by atoms with Crippen LogP contribution in [0.25, 0.3) is 22.6 Å². The van der Waals surface area contributed by atoms with Crippen LogP contribution in [0, 0.1) is 6.92 Å². The van der Waals surface area contributed by atoms with E-state index in [1.54, 1.807) is 48.9 Å². The van der Waals surface area contributed by atoms with Gasteiger partial charge in [-0.25, -0.2) is 4.98 Å². The molecule has 0 aromatic carbocycles. The van der Waals surface area contributed by atoms with Crippen LogP contribution in [-0.2, 0) is 7.05 Å². The van der Waals surface area contributed by atoms with Gasteiger partial charge in [0.05, 0.1) is 17.6 Å². The molecule has 0 saturated carbocycles. The molecule has 0 aliphatic rings. The summed E-state index contributed by atoms with van der Waals surface area (Å²) < 4.78 is 1.62. The zero-order valence-corrected chi connectivity index (χ0v) is 15.4. The van der Waals surface area contributed by atoms with E-state index < -0.39 is 0 Å². The first-order valence-electron chi connectivity index (χ1n) is 8.61. The van der Waals surface area contributed by atoms with E-state index in [2.05, 4.69) is 30.4 Å². The van der Waals surface area contributed by atoms with Crippen LogP contribution in [0.3, 0.4) is 0 Å². The molecule has 4 rings (SSSR count). The van der Waals surface area contributed by atoms with E-state index in [1.165, 1.54) is 0 Å². The summed E-state index contributed by atoms with van der Waals surface area (Å²) in [5.74, 6) is -0.318. The molecule has 138 valence electrons. The number of aromatic nitrogens is 6. The highest BCUT2D eigenvalue weighted by Crippen LogP contribution is 2.25. The third-order valence-corrected chi connectivity index (χ3v) is 4.15. The molecule has 4 aromatic rings. The minimum Gasteiger partial charge on any atom is -0.317 e. The van der Waals surface area contributed by atoms with E-state index >= 15 is 0 Å². The van der Waals surface area contributed by atoms with Crippen LogP contribution in [0.4, 0.5) is 5.69 Å². The van der Waals surface area contributed by atoms with Crippen molar-refractivity contribution in [1.82, 2.24) is 29.7 Å². The van der Waals surface area contributed by atoms with E-state index in [-0.39, 0.29) is 5.91 Å². The van der Waals surface area contributed by atoms with Gasteiger partial charge < -0.3 is 5.32 Å². The Hall–Kier alpha value is -3.94. The lowest BCUT2D eigenvalue weighted by molar-refractivity contribution is 0.102. The van der Waals surface area contributed by atoms with Gasteiger partial charge in [-0.15, -0.1) is 0 Å². The van der Waals surface area contributed by atoms with Gasteiger partial charge in [0.25, 0.3) is 5.91 Å². The Kier molecular flexibility index (Phi) is 4.59. The Morgan fingerprint density at radius 2 is 1.89 bits per heavy atom. The Bertz CT molecular complexity index is 1120. The Balaban J connectivity index is 1.67. The Morgan fingerprint density at radius 3 is 2.64 bits per heavy atom. The summed E-state index contributed by atoms with van der Waals surface area (Å²) in [6.07, 6.45) is 9.90. The number of carbonyl (C=O) groups is 1. The first-order valence-corrected chi connectivity index (χ1v) is 8.61. The van der Waals surface area contributed by atoms with Crippen molar-refractivity contribution < 1.29 is 4.79 Å². The fourth-order valence-corrected chi connectivity index (χ4v) is 2.81. The lowest BCUT2D eigenvalue weighted by atomic mass is 10.1. The van der Waals surface area contributed by atoms with Gasteiger partial charge in [-0.3, -0.25) is 24.4 Å². The fraction of sp³-hybridized carbons (Fsp3) is 0.100. The van der Waals surface area contributed by atoms with Crippen molar-refractivity contribution in [2.75, 3.05) is 5.32 Å². The van der Waals surface area contributed by atoms with Crippen molar-refractivity contribution in [3.63, 3.8) is 0 Å². The second-order valence-electron chi connectivity index (χ2n) is 6.21.